The lowest BCUT2D eigenvalue weighted by Crippen LogP contribution is -2.16. The Bertz CT molecular complexity index is 1300. The van der Waals surface area contributed by atoms with Crippen molar-refractivity contribution in [3.8, 4) is 5.75 Å². The zero-order valence-corrected chi connectivity index (χ0v) is 22.8. The first-order chi connectivity index (χ1) is 17.1. The minimum absolute atomic E-state index is 0.00346. The fourth-order valence-corrected chi connectivity index (χ4v) is 5.23. The van der Waals surface area contributed by atoms with Crippen LogP contribution in [0.2, 0.25) is 0 Å². The number of aryl methyl sites for hydroxylation is 2. The first-order valence-electron chi connectivity index (χ1n) is 10.9. The molecular formula is C24H28N4O6S2. The summed E-state index contributed by atoms with van der Waals surface area (Å²) < 4.78 is 17.4. The molecule has 36 heavy (non-hydrogen) atoms. The average molecular weight is 533 g/mol. The van der Waals surface area contributed by atoms with Gasteiger partial charge < -0.3 is 24.1 Å². The van der Waals surface area contributed by atoms with Crippen molar-refractivity contribution in [2.45, 2.75) is 39.0 Å². The Morgan fingerprint density at radius 1 is 1.08 bits per heavy atom. The maximum absolute atomic E-state index is 12.7. The molecule has 1 unspecified atom stereocenters. The quantitative estimate of drug-likeness (QED) is 0.318. The number of amides is 1. The van der Waals surface area contributed by atoms with Crippen LogP contribution in [0.5, 0.6) is 5.75 Å². The zero-order chi connectivity index (χ0) is 26.6. The number of aromatic nitrogens is 3. The van der Waals surface area contributed by atoms with Gasteiger partial charge in [0, 0.05) is 7.05 Å². The number of hydrogen-bond donors (Lipinski definition) is 1. The van der Waals surface area contributed by atoms with Crippen molar-refractivity contribution >= 4 is 45.9 Å². The lowest BCUT2D eigenvalue weighted by Gasteiger charge is -2.15. The number of methoxy groups -OCH3 is 2. The minimum Gasteiger partial charge on any atom is -0.483 e. The van der Waals surface area contributed by atoms with Gasteiger partial charge in [0.15, 0.2) is 17.1 Å². The molecule has 0 aliphatic carbocycles. The first-order valence-corrected chi connectivity index (χ1v) is 12.7. The number of benzene rings is 1. The van der Waals surface area contributed by atoms with E-state index in [0.717, 1.165) is 22.6 Å². The van der Waals surface area contributed by atoms with E-state index in [1.54, 1.807) is 18.5 Å². The summed E-state index contributed by atoms with van der Waals surface area (Å²) in [5.74, 6) is -0.281. The number of carbonyl (C=O) groups is 3. The van der Waals surface area contributed by atoms with Gasteiger partial charge in [-0.1, -0.05) is 17.8 Å². The summed E-state index contributed by atoms with van der Waals surface area (Å²) in [5.41, 5.74) is 2.83. The number of rotatable bonds is 9. The van der Waals surface area contributed by atoms with Crippen LogP contribution in [-0.4, -0.2) is 52.6 Å². The van der Waals surface area contributed by atoms with Gasteiger partial charge in [-0.15, -0.1) is 21.5 Å². The van der Waals surface area contributed by atoms with Crippen LogP contribution in [-0.2, 0) is 21.3 Å². The molecule has 1 amide bonds. The molecule has 2 aromatic heterocycles. The highest BCUT2D eigenvalue weighted by Gasteiger charge is 2.27. The number of esters is 2. The molecule has 1 N–H and O–H groups in total. The Hall–Kier alpha value is -3.38. The summed E-state index contributed by atoms with van der Waals surface area (Å²) in [6.07, 6.45) is -0.360. The monoisotopic (exact) mass is 532 g/mol. The van der Waals surface area contributed by atoms with Gasteiger partial charge in [0.05, 0.1) is 25.5 Å². The summed E-state index contributed by atoms with van der Waals surface area (Å²) in [6, 6.07) is 5.89. The van der Waals surface area contributed by atoms with Crippen molar-refractivity contribution in [1.29, 1.82) is 0 Å². The summed E-state index contributed by atoms with van der Waals surface area (Å²) in [4.78, 5) is 37.2. The van der Waals surface area contributed by atoms with Gasteiger partial charge in [-0.05, 0) is 56.5 Å². The second kappa shape index (κ2) is 11.6. The van der Waals surface area contributed by atoms with Crippen molar-refractivity contribution in [3.05, 3.63) is 51.2 Å². The Morgan fingerprint density at radius 2 is 1.78 bits per heavy atom. The van der Waals surface area contributed by atoms with Crippen molar-refractivity contribution in [2.75, 3.05) is 25.3 Å². The van der Waals surface area contributed by atoms with E-state index >= 15 is 0 Å². The zero-order valence-electron chi connectivity index (χ0n) is 21.1. The molecule has 0 aliphatic rings. The molecule has 1 aromatic carbocycles. The van der Waals surface area contributed by atoms with Crippen molar-refractivity contribution in [3.63, 3.8) is 0 Å². The number of nitrogens with zero attached hydrogens (tertiary/aromatic N) is 3. The molecule has 3 rings (SSSR count). The second-order valence-corrected chi connectivity index (χ2v) is 9.95. The highest BCUT2D eigenvalue weighted by atomic mass is 32.2. The van der Waals surface area contributed by atoms with Crippen LogP contribution >= 0.6 is 23.1 Å². The van der Waals surface area contributed by atoms with Gasteiger partial charge in [-0.25, -0.2) is 9.59 Å². The molecule has 0 radical (unpaired) electrons. The Balaban J connectivity index is 1.68. The van der Waals surface area contributed by atoms with Crippen molar-refractivity contribution in [1.82, 2.24) is 14.8 Å². The van der Waals surface area contributed by atoms with Gasteiger partial charge in [0.25, 0.3) is 0 Å². The number of nitrogens with one attached hydrogen (secondary N) is 1. The predicted octanol–water partition coefficient (Wildman–Crippen LogP) is 4.25. The van der Waals surface area contributed by atoms with Gasteiger partial charge >= 0.3 is 11.9 Å². The molecular weight excluding hydrogens is 504 g/mol. The highest BCUT2D eigenvalue weighted by Crippen LogP contribution is 2.34. The van der Waals surface area contributed by atoms with E-state index < -0.39 is 11.9 Å². The third-order valence-corrected chi connectivity index (χ3v) is 7.72. The molecule has 2 heterocycles. The molecule has 0 spiro atoms. The third-order valence-electron chi connectivity index (χ3n) is 5.52. The first kappa shape index (κ1) is 27.2. The van der Waals surface area contributed by atoms with Crippen LogP contribution in [0.4, 0.5) is 5.00 Å². The summed E-state index contributed by atoms with van der Waals surface area (Å²) >= 11 is 2.14. The summed E-state index contributed by atoms with van der Waals surface area (Å²) in [6.45, 7) is 7.55. The second-order valence-electron chi connectivity index (χ2n) is 7.99. The molecule has 0 aliphatic heterocycles. The fraction of sp³-hybridized carbons (Fsp3) is 0.375. The number of anilines is 1. The number of thioether (sulfide) groups is 1. The van der Waals surface area contributed by atoms with E-state index in [1.165, 1.54) is 31.5 Å². The molecule has 0 saturated carbocycles. The largest absolute Gasteiger partial charge is 0.483 e. The van der Waals surface area contributed by atoms with Crippen LogP contribution in [0.3, 0.4) is 0 Å². The van der Waals surface area contributed by atoms with Gasteiger partial charge in [-0.2, -0.15) is 0 Å². The van der Waals surface area contributed by atoms with E-state index in [4.69, 9.17) is 14.2 Å². The van der Waals surface area contributed by atoms with E-state index in [-0.39, 0.29) is 33.2 Å². The van der Waals surface area contributed by atoms with E-state index in [0.29, 0.717) is 16.5 Å². The van der Waals surface area contributed by atoms with Crippen LogP contribution in [0.1, 0.15) is 55.6 Å². The Kier molecular flexibility index (Phi) is 8.75. The molecule has 0 fully saturated rings. The average Bonchev–Trinajstić information content (AvgIpc) is 3.38. The lowest BCUT2D eigenvalue weighted by molar-refractivity contribution is -0.113. The van der Waals surface area contributed by atoms with Crippen molar-refractivity contribution in [2.24, 2.45) is 7.05 Å². The van der Waals surface area contributed by atoms with Gasteiger partial charge in [-0.3, -0.25) is 4.79 Å². The molecule has 192 valence electrons. The molecule has 12 heteroatoms. The topological polar surface area (TPSA) is 122 Å². The van der Waals surface area contributed by atoms with Gasteiger partial charge in [0.2, 0.25) is 5.91 Å². The Labute approximate surface area is 217 Å². The Morgan fingerprint density at radius 3 is 2.42 bits per heavy atom. The molecule has 0 bridgehead atoms. The van der Waals surface area contributed by atoms with Crippen LogP contribution in [0.15, 0.2) is 23.4 Å². The summed E-state index contributed by atoms with van der Waals surface area (Å²) in [7, 11) is 4.28. The number of hydrogen-bond acceptors (Lipinski definition) is 10. The van der Waals surface area contributed by atoms with E-state index in [1.807, 2.05) is 39.0 Å². The number of ether oxygens (including phenoxy) is 3. The minimum atomic E-state index is -0.655. The standard InChI is InChI=1S/C24H28N4O6S2/c1-12-8-9-16(10-13(12)2)34-15(4)20-26-27-24(28(20)5)35-11-17(29)25-21-18(22(30)32-6)14(3)19(36-21)23(31)33-7/h8-10,15H,11H2,1-7H3,(H,25,29). The molecule has 10 nitrogen and oxygen atoms in total. The number of thiophene rings is 1. The SMILES string of the molecule is COC(=O)c1sc(NC(=O)CSc2nnc(C(C)Oc3ccc(C)c(C)c3)n2C)c(C(=O)OC)c1C. The maximum atomic E-state index is 12.7. The molecule has 1 atom stereocenters. The smallest absolute Gasteiger partial charge is 0.348 e. The van der Waals surface area contributed by atoms with E-state index in [2.05, 4.69) is 15.5 Å². The van der Waals surface area contributed by atoms with Crippen LogP contribution < -0.4 is 10.1 Å². The van der Waals surface area contributed by atoms with Crippen LogP contribution in [0, 0.1) is 20.8 Å². The van der Waals surface area contributed by atoms with Crippen molar-refractivity contribution < 1.29 is 28.6 Å². The summed E-state index contributed by atoms with van der Waals surface area (Å²) in [5, 5.41) is 11.9. The van der Waals surface area contributed by atoms with E-state index in [9.17, 15) is 14.4 Å². The van der Waals surface area contributed by atoms with Gasteiger partial charge in [0.1, 0.15) is 15.6 Å². The maximum Gasteiger partial charge on any atom is 0.348 e. The lowest BCUT2D eigenvalue weighted by atomic mass is 10.1. The normalized spacial score (nSPS) is 11.6. The molecule has 0 saturated heterocycles. The highest BCUT2D eigenvalue weighted by molar-refractivity contribution is 7.99. The number of carbonyl (C=O) groups excluding carboxylic acids is 3. The third kappa shape index (κ3) is 5.88. The predicted molar refractivity (Wildman–Crippen MR) is 137 cm³/mol. The fourth-order valence-electron chi connectivity index (χ4n) is 3.38. The molecule has 3 aromatic rings. The van der Waals surface area contributed by atoms with Crippen LogP contribution in [0.25, 0.3) is 0 Å².